The molecule has 0 aliphatic carbocycles. The lowest BCUT2D eigenvalue weighted by Crippen LogP contribution is -2.48. The van der Waals surface area contributed by atoms with Crippen molar-refractivity contribution in [3.63, 3.8) is 0 Å². The highest BCUT2D eigenvalue weighted by atomic mass is 19.4. The molecule has 8 heteroatoms. The first-order valence-electron chi connectivity index (χ1n) is 7.71. The third kappa shape index (κ3) is 5.10. The normalized spacial score (nSPS) is 18.2. The number of carbonyl (C=O) groups is 1. The van der Waals surface area contributed by atoms with Crippen molar-refractivity contribution in [1.29, 1.82) is 0 Å². The smallest absolute Gasteiger partial charge is 0.415 e. The zero-order valence-corrected chi connectivity index (χ0v) is 13.3. The first kappa shape index (κ1) is 18.5. The fraction of sp³-hybridized carbons (Fsp3) is 0.562. The summed E-state index contributed by atoms with van der Waals surface area (Å²) in [6.07, 6.45) is -5.85. The first-order chi connectivity index (χ1) is 11.3. The van der Waals surface area contributed by atoms with Crippen LogP contribution in [0.2, 0.25) is 0 Å². The predicted molar refractivity (Wildman–Crippen MR) is 82.0 cm³/mol. The van der Waals surface area contributed by atoms with Gasteiger partial charge in [-0.1, -0.05) is 6.07 Å². The van der Waals surface area contributed by atoms with Crippen LogP contribution >= 0.6 is 0 Å². The zero-order chi connectivity index (χ0) is 17.7. The van der Waals surface area contributed by atoms with Gasteiger partial charge in [0.15, 0.2) is 6.10 Å². The van der Waals surface area contributed by atoms with Crippen LogP contribution in [0.15, 0.2) is 24.3 Å². The number of amides is 1. The van der Waals surface area contributed by atoms with Crippen LogP contribution in [0.25, 0.3) is 0 Å². The number of β-amino-alcohol motifs (C(OH)–C–C–N with tert-alkyl or cyclic N) is 1. The molecule has 1 heterocycles. The fourth-order valence-electron chi connectivity index (χ4n) is 2.64. The van der Waals surface area contributed by atoms with Gasteiger partial charge >= 0.3 is 6.18 Å². The van der Waals surface area contributed by atoms with Gasteiger partial charge < -0.3 is 20.1 Å². The highest BCUT2D eigenvalue weighted by molar-refractivity contribution is 5.94. The number of halogens is 3. The third-order valence-corrected chi connectivity index (χ3v) is 4.06. The molecular formula is C16H21F3N2O3. The van der Waals surface area contributed by atoms with E-state index in [9.17, 15) is 18.0 Å². The Labute approximate surface area is 138 Å². The number of rotatable bonds is 5. The fourth-order valence-corrected chi connectivity index (χ4v) is 2.64. The summed E-state index contributed by atoms with van der Waals surface area (Å²) in [6.45, 7) is 0.368. The number of ether oxygens (including phenoxy) is 1. The Balaban J connectivity index is 1.81. The van der Waals surface area contributed by atoms with Crippen LogP contribution in [0, 0.1) is 0 Å². The lowest BCUT2D eigenvalue weighted by molar-refractivity contribution is -0.208. The molecule has 0 bridgehead atoms. The summed E-state index contributed by atoms with van der Waals surface area (Å²) in [5.41, 5.74) is 0.476. The second kappa shape index (κ2) is 7.85. The molecule has 1 saturated heterocycles. The number of nitrogens with one attached hydrogen (secondary N) is 1. The Bertz CT molecular complexity index is 558. The van der Waals surface area contributed by atoms with Crippen molar-refractivity contribution >= 4 is 5.91 Å². The van der Waals surface area contributed by atoms with Crippen LogP contribution in [-0.4, -0.2) is 61.0 Å². The SMILES string of the molecule is COc1cccc(C(=O)NC2CCN(C[C@@H](O)C(F)(F)F)CC2)c1. The Morgan fingerprint density at radius 2 is 2.08 bits per heavy atom. The molecule has 1 aromatic rings. The lowest BCUT2D eigenvalue weighted by atomic mass is 10.0. The van der Waals surface area contributed by atoms with E-state index in [1.54, 1.807) is 29.2 Å². The highest BCUT2D eigenvalue weighted by Gasteiger charge is 2.39. The summed E-state index contributed by atoms with van der Waals surface area (Å²) < 4.78 is 42.1. The summed E-state index contributed by atoms with van der Waals surface area (Å²) in [5.74, 6) is 0.348. The summed E-state index contributed by atoms with van der Waals surface area (Å²) in [7, 11) is 1.52. The number of carbonyl (C=O) groups excluding carboxylic acids is 1. The van der Waals surface area contributed by atoms with Crippen molar-refractivity contribution in [3.05, 3.63) is 29.8 Å². The van der Waals surface area contributed by atoms with E-state index in [0.29, 0.717) is 37.2 Å². The van der Waals surface area contributed by atoms with Gasteiger partial charge in [-0.3, -0.25) is 4.79 Å². The minimum absolute atomic E-state index is 0.0945. The number of aliphatic hydroxyl groups excluding tert-OH is 1. The van der Waals surface area contributed by atoms with E-state index in [0.717, 1.165) is 0 Å². The molecule has 0 spiro atoms. The van der Waals surface area contributed by atoms with Gasteiger partial charge in [-0.15, -0.1) is 0 Å². The molecule has 1 fully saturated rings. The molecule has 24 heavy (non-hydrogen) atoms. The predicted octanol–water partition coefficient (Wildman–Crippen LogP) is 1.81. The van der Waals surface area contributed by atoms with Gasteiger partial charge in [0.2, 0.25) is 0 Å². The van der Waals surface area contributed by atoms with Crippen LogP contribution in [0.5, 0.6) is 5.75 Å². The van der Waals surface area contributed by atoms with Crippen LogP contribution in [0.1, 0.15) is 23.2 Å². The van der Waals surface area contributed by atoms with Gasteiger partial charge in [-0.05, 0) is 31.0 Å². The monoisotopic (exact) mass is 346 g/mol. The maximum absolute atomic E-state index is 12.4. The number of benzene rings is 1. The van der Waals surface area contributed by atoms with E-state index in [2.05, 4.69) is 5.32 Å². The van der Waals surface area contributed by atoms with Gasteiger partial charge in [0.25, 0.3) is 5.91 Å². The maximum Gasteiger partial charge on any atom is 0.415 e. The Hall–Kier alpha value is -1.80. The Morgan fingerprint density at radius 1 is 1.42 bits per heavy atom. The maximum atomic E-state index is 12.4. The van der Waals surface area contributed by atoms with Crippen LogP contribution in [0.4, 0.5) is 13.2 Å². The lowest BCUT2D eigenvalue weighted by Gasteiger charge is -2.33. The Kier molecular flexibility index (Phi) is 6.06. The average Bonchev–Trinajstić information content (AvgIpc) is 2.55. The van der Waals surface area contributed by atoms with Crippen LogP contribution in [0.3, 0.4) is 0 Å². The zero-order valence-electron chi connectivity index (χ0n) is 13.3. The molecule has 134 valence electrons. The van der Waals surface area contributed by atoms with Crippen molar-refractivity contribution in [2.45, 2.75) is 31.2 Å². The third-order valence-electron chi connectivity index (χ3n) is 4.06. The summed E-state index contributed by atoms with van der Waals surface area (Å²) in [4.78, 5) is 13.8. The number of hydrogen-bond acceptors (Lipinski definition) is 4. The second-order valence-corrected chi connectivity index (χ2v) is 5.84. The van der Waals surface area contributed by atoms with Crippen molar-refractivity contribution in [1.82, 2.24) is 10.2 Å². The first-order valence-corrected chi connectivity index (χ1v) is 7.71. The van der Waals surface area contributed by atoms with E-state index in [4.69, 9.17) is 9.84 Å². The average molecular weight is 346 g/mol. The van der Waals surface area contributed by atoms with E-state index in [1.807, 2.05) is 0 Å². The standard InChI is InChI=1S/C16H21F3N2O3/c1-24-13-4-2-3-11(9-13)15(23)20-12-5-7-21(8-6-12)10-14(22)16(17,18)19/h2-4,9,12,14,22H,5-8,10H2,1H3,(H,20,23)/t14-/m1/s1. The molecular weight excluding hydrogens is 325 g/mol. The van der Waals surface area contributed by atoms with E-state index in [-0.39, 0.29) is 11.9 Å². The molecule has 5 nitrogen and oxygen atoms in total. The van der Waals surface area contributed by atoms with Gasteiger partial charge in [0.05, 0.1) is 7.11 Å². The number of piperidine rings is 1. The molecule has 1 aliphatic heterocycles. The van der Waals surface area contributed by atoms with Gasteiger partial charge in [0.1, 0.15) is 5.75 Å². The quantitative estimate of drug-likeness (QED) is 0.854. The highest BCUT2D eigenvalue weighted by Crippen LogP contribution is 2.22. The van der Waals surface area contributed by atoms with Crippen molar-refractivity contribution in [3.8, 4) is 5.75 Å². The largest absolute Gasteiger partial charge is 0.497 e. The summed E-state index contributed by atoms with van der Waals surface area (Å²) >= 11 is 0. The van der Waals surface area contributed by atoms with E-state index < -0.39 is 18.8 Å². The van der Waals surface area contributed by atoms with E-state index >= 15 is 0 Å². The molecule has 1 amide bonds. The second-order valence-electron chi connectivity index (χ2n) is 5.84. The number of likely N-dealkylation sites (tertiary alicyclic amines) is 1. The van der Waals surface area contributed by atoms with E-state index in [1.165, 1.54) is 7.11 Å². The van der Waals surface area contributed by atoms with Crippen molar-refractivity contribution in [2.75, 3.05) is 26.7 Å². The molecule has 2 N–H and O–H groups in total. The number of methoxy groups -OCH3 is 1. The minimum atomic E-state index is -4.60. The number of nitrogens with zero attached hydrogens (tertiary/aromatic N) is 1. The van der Waals surface area contributed by atoms with Gasteiger partial charge in [-0.2, -0.15) is 13.2 Å². The molecule has 2 rings (SSSR count). The summed E-state index contributed by atoms with van der Waals surface area (Å²) in [5, 5.41) is 12.0. The molecule has 1 atom stereocenters. The summed E-state index contributed by atoms with van der Waals surface area (Å²) in [6, 6.07) is 6.66. The number of aliphatic hydroxyl groups is 1. The van der Waals surface area contributed by atoms with Crippen LogP contribution in [-0.2, 0) is 0 Å². The Morgan fingerprint density at radius 3 is 2.67 bits per heavy atom. The number of alkyl halides is 3. The van der Waals surface area contributed by atoms with Crippen molar-refractivity contribution < 1.29 is 27.8 Å². The minimum Gasteiger partial charge on any atom is -0.497 e. The number of hydrogen-bond donors (Lipinski definition) is 2. The molecule has 0 aromatic heterocycles. The van der Waals surface area contributed by atoms with Gasteiger partial charge in [0, 0.05) is 31.2 Å². The molecule has 1 aliphatic rings. The molecule has 0 radical (unpaired) electrons. The topological polar surface area (TPSA) is 61.8 Å². The molecule has 1 aromatic carbocycles. The van der Waals surface area contributed by atoms with Gasteiger partial charge in [-0.25, -0.2) is 0 Å². The van der Waals surface area contributed by atoms with Crippen molar-refractivity contribution in [2.24, 2.45) is 0 Å². The molecule has 0 unspecified atom stereocenters. The van der Waals surface area contributed by atoms with Crippen LogP contribution < -0.4 is 10.1 Å². The molecule has 0 saturated carbocycles.